The molecule has 1 heteroatoms. The van der Waals surface area contributed by atoms with E-state index in [-0.39, 0.29) is 0 Å². The van der Waals surface area contributed by atoms with Crippen LogP contribution in [0.15, 0.2) is 0 Å². The lowest BCUT2D eigenvalue weighted by molar-refractivity contribution is 0.364. The Morgan fingerprint density at radius 1 is 1.45 bits per heavy atom. The fraction of sp³-hybridized carbons (Fsp3) is 1.00. The number of rotatable bonds is 3. The summed E-state index contributed by atoms with van der Waals surface area (Å²) in [6.45, 7) is 3.64. The molecule has 1 aliphatic heterocycles. The highest BCUT2D eigenvalue weighted by atomic mass is 15.0. The van der Waals surface area contributed by atoms with Gasteiger partial charge in [-0.2, -0.15) is 0 Å². The summed E-state index contributed by atoms with van der Waals surface area (Å²) in [4.78, 5) is 0. The summed E-state index contributed by atoms with van der Waals surface area (Å²) >= 11 is 0. The van der Waals surface area contributed by atoms with Crippen molar-refractivity contribution in [2.24, 2.45) is 5.92 Å². The molecule has 1 heterocycles. The van der Waals surface area contributed by atoms with Crippen LogP contribution in [0.1, 0.15) is 45.4 Å². The van der Waals surface area contributed by atoms with Crippen molar-refractivity contribution in [3.05, 3.63) is 0 Å². The zero-order valence-corrected chi connectivity index (χ0v) is 7.53. The van der Waals surface area contributed by atoms with Gasteiger partial charge in [-0.15, -0.1) is 0 Å². The van der Waals surface area contributed by atoms with Crippen LogP contribution in [-0.4, -0.2) is 12.1 Å². The molecule has 2 fully saturated rings. The van der Waals surface area contributed by atoms with Crippen LogP contribution in [-0.2, 0) is 0 Å². The third-order valence-corrected chi connectivity index (χ3v) is 3.26. The Bertz CT molecular complexity index is 132. The van der Waals surface area contributed by atoms with Gasteiger partial charge in [-0.05, 0) is 45.1 Å². The maximum Gasteiger partial charge on any atom is 0.0153 e. The van der Waals surface area contributed by atoms with Crippen LogP contribution in [0.4, 0.5) is 0 Å². The zero-order valence-electron chi connectivity index (χ0n) is 7.53. The summed E-state index contributed by atoms with van der Waals surface area (Å²) in [6, 6.07) is 0. The Labute approximate surface area is 69.6 Å². The Morgan fingerprint density at radius 3 is 2.82 bits per heavy atom. The van der Waals surface area contributed by atoms with Crippen LogP contribution in [0.3, 0.4) is 0 Å². The lowest BCUT2D eigenvalue weighted by Gasteiger charge is -2.23. The van der Waals surface area contributed by atoms with Gasteiger partial charge in [-0.3, -0.25) is 0 Å². The van der Waals surface area contributed by atoms with E-state index in [0.29, 0.717) is 5.54 Å². The van der Waals surface area contributed by atoms with Gasteiger partial charge in [0.25, 0.3) is 0 Å². The monoisotopic (exact) mass is 153 g/mol. The molecule has 0 aromatic heterocycles. The van der Waals surface area contributed by atoms with Crippen molar-refractivity contribution in [2.75, 3.05) is 6.54 Å². The highest BCUT2D eigenvalue weighted by Gasteiger charge is 2.30. The average molecular weight is 153 g/mol. The molecule has 0 radical (unpaired) electrons. The van der Waals surface area contributed by atoms with Crippen molar-refractivity contribution < 1.29 is 0 Å². The molecule has 1 aliphatic carbocycles. The Morgan fingerprint density at radius 2 is 2.27 bits per heavy atom. The van der Waals surface area contributed by atoms with Gasteiger partial charge in [-0.25, -0.2) is 0 Å². The third kappa shape index (κ3) is 1.96. The summed E-state index contributed by atoms with van der Waals surface area (Å²) in [5.74, 6) is 1.11. The molecular weight excluding hydrogens is 134 g/mol. The molecule has 1 unspecified atom stereocenters. The molecule has 0 amide bonds. The highest BCUT2D eigenvalue weighted by molar-refractivity contribution is 4.90. The van der Waals surface area contributed by atoms with E-state index in [2.05, 4.69) is 12.2 Å². The third-order valence-electron chi connectivity index (χ3n) is 3.26. The van der Waals surface area contributed by atoms with E-state index < -0.39 is 0 Å². The maximum atomic E-state index is 3.62. The van der Waals surface area contributed by atoms with Crippen LogP contribution in [0.25, 0.3) is 0 Å². The summed E-state index contributed by atoms with van der Waals surface area (Å²) < 4.78 is 0. The van der Waals surface area contributed by atoms with Crippen LogP contribution in [0.5, 0.6) is 0 Å². The van der Waals surface area contributed by atoms with E-state index in [1.165, 1.54) is 45.1 Å². The highest BCUT2D eigenvalue weighted by Crippen LogP contribution is 2.36. The summed E-state index contributed by atoms with van der Waals surface area (Å²) in [7, 11) is 0. The van der Waals surface area contributed by atoms with Crippen LogP contribution >= 0.6 is 0 Å². The Kier molecular flexibility index (Phi) is 1.92. The van der Waals surface area contributed by atoms with Crippen LogP contribution < -0.4 is 5.32 Å². The van der Waals surface area contributed by atoms with E-state index >= 15 is 0 Å². The van der Waals surface area contributed by atoms with Gasteiger partial charge in [0.05, 0.1) is 0 Å². The molecule has 64 valence electrons. The minimum absolute atomic E-state index is 0.516. The number of hydrogen-bond acceptors (Lipinski definition) is 1. The minimum atomic E-state index is 0.516. The van der Waals surface area contributed by atoms with Crippen molar-refractivity contribution in [2.45, 2.75) is 51.0 Å². The first-order chi connectivity index (χ1) is 5.29. The Balaban J connectivity index is 1.73. The van der Waals surface area contributed by atoms with Crippen molar-refractivity contribution in [1.82, 2.24) is 5.32 Å². The first-order valence-corrected chi connectivity index (χ1v) is 5.04. The molecule has 2 rings (SSSR count). The van der Waals surface area contributed by atoms with E-state index in [4.69, 9.17) is 0 Å². The first-order valence-electron chi connectivity index (χ1n) is 5.04. The molecule has 0 bridgehead atoms. The van der Waals surface area contributed by atoms with Crippen molar-refractivity contribution in [3.8, 4) is 0 Å². The standard InChI is InChI=1S/C10H19N/c1-10(6-2-8-11-10)7-5-9-3-4-9/h9,11H,2-8H2,1H3. The van der Waals surface area contributed by atoms with Crippen molar-refractivity contribution in [1.29, 1.82) is 0 Å². The van der Waals surface area contributed by atoms with Gasteiger partial charge in [-0.1, -0.05) is 12.8 Å². The first kappa shape index (κ1) is 7.60. The van der Waals surface area contributed by atoms with E-state index in [9.17, 15) is 0 Å². The fourth-order valence-corrected chi connectivity index (χ4v) is 2.10. The maximum absolute atomic E-state index is 3.62. The molecule has 1 saturated heterocycles. The number of nitrogens with one attached hydrogen (secondary N) is 1. The fourth-order valence-electron chi connectivity index (χ4n) is 2.10. The van der Waals surface area contributed by atoms with Gasteiger partial charge in [0.2, 0.25) is 0 Å². The molecule has 0 aromatic rings. The zero-order chi connectivity index (χ0) is 7.73. The average Bonchev–Trinajstić information content (AvgIpc) is 2.73. The smallest absolute Gasteiger partial charge is 0.0153 e. The molecule has 1 nitrogen and oxygen atoms in total. The molecule has 0 aromatic carbocycles. The molecule has 2 aliphatic rings. The molecular formula is C10H19N. The second-order valence-corrected chi connectivity index (χ2v) is 4.57. The predicted octanol–water partition coefficient (Wildman–Crippen LogP) is 2.32. The van der Waals surface area contributed by atoms with E-state index in [1.54, 1.807) is 0 Å². The second-order valence-electron chi connectivity index (χ2n) is 4.57. The molecule has 0 spiro atoms. The van der Waals surface area contributed by atoms with Crippen LogP contribution in [0.2, 0.25) is 0 Å². The predicted molar refractivity (Wildman–Crippen MR) is 47.6 cm³/mol. The lowest BCUT2D eigenvalue weighted by atomic mass is 9.93. The van der Waals surface area contributed by atoms with Gasteiger partial charge in [0.1, 0.15) is 0 Å². The van der Waals surface area contributed by atoms with Crippen LogP contribution in [0, 0.1) is 5.92 Å². The minimum Gasteiger partial charge on any atom is -0.312 e. The largest absolute Gasteiger partial charge is 0.312 e. The normalized spacial score (nSPS) is 37.9. The number of hydrogen-bond donors (Lipinski definition) is 1. The molecule has 1 N–H and O–H groups in total. The summed E-state index contributed by atoms with van der Waals surface area (Å²) in [5.41, 5.74) is 0.516. The lowest BCUT2D eigenvalue weighted by Crippen LogP contribution is -2.35. The van der Waals surface area contributed by atoms with Crippen molar-refractivity contribution in [3.63, 3.8) is 0 Å². The second kappa shape index (κ2) is 2.78. The Hall–Kier alpha value is -0.0400. The quantitative estimate of drug-likeness (QED) is 0.656. The SMILES string of the molecule is CC1(CCC2CC2)CCCN1. The molecule has 1 saturated carbocycles. The summed E-state index contributed by atoms with van der Waals surface area (Å²) in [5, 5.41) is 3.62. The van der Waals surface area contributed by atoms with E-state index in [1.807, 2.05) is 0 Å². The summed E-state index contributed by atoms with van der Waals surface area (Å²) in [6.07, 6.45) is 8.70. The van der Waals surface area contributed by atoms with Gasteiger partial charge in [0.15, 0.2) is 0 Å². The van der Waals surface area contributed by atoms with Gasteiger partial charge in [0, 0.05) is 5.54 Å². The van der Waals surface area contributed by atoms with Crippen molar-refractivity contribution >= 4 is 0 Å². The van der Waals surface area contributed by atoms with Gasteiger partial charge >= 0.3 is 0 Å². The topological polar surface area (TPSA) is 12.0 Å². The molecule has 1 atom stereocenters. The van der Waals surface area contributed by atoms with Gasteiger partial charge < -0.3 is 5.32 Å². The van der Waals surface area contributed by atoms with E-state index in [0.717, 1.165) is 5.92 Å². The molecule has 11 heavy (non-hydrogen) atoms.